The van der Waals surface area contributed by atoms with E-state index in [-0.39, 0.29) is 5.56 Å². The molecule has 31 heavy (non-hydrogen) atoms. The standard InChI is InChI=1S/C25H33N5O/c1-18-12-22(15-27-19(18)2)14-23-16-28-25(29-24(23)31)26-11-6-5-8-20-9-7-10-21(13-20)17-30(3)4/h7,9-10,12-13,15-16H,5-6,8,11,14,17H2,1-4H3,(H2,26,28,29,31). The van der Waals surface area contributed by atoms with Crippen LogP contribution in [0.3, 0.4) is 0 Å². The van der Waals surface area contributed by atoms with Crippen molar-refractivity contribution in [2.75, 3.05) is 26.0 Å². The molecule has 6 nitrogen and oxygen atoms in total. The van der Waals surface area contributed by atoms with Crippen molar-refractivity contribution in [1.29, 1.82) is 0 Å². The molecule has 1 aromatic carbocycles. The predicted molar refractivity (Wildman–Crippen MR) is 127 cm³/mol. The average molecular weight is 420 g/mol. The van der Waals surface area contributed by atoms with Gasteiger partial charge in [-0.2, -0.15) is 0 Å². The molecule has 0 atom stereocenters. The highest BCUT2D eigenvalue weighted by Crippen LogP contribution is 2.11. The summed E-state index contributed by atoms with van der Waals surface area (Å²) in [5.74, 6) is 0.528. The third-order valence-corrected chi connectivity index (χ3v) is 5.34. The number of pyridine rings is 1. The molecule has 3 rings (SSSR count). The third-order valence-electron chi connectivity index (χ3n) is 5.34. The van der Waals surface area contributed by atoms with E-state index in [0.717, 1.165) is 49.2 Å². The zero-order valence-electron chi connectivity index (χ0n) is 19.0. The predicted octanol–water partition coefficient (Wildman–Crippen LogP) is 3.87. The molecule has 2 aromatic heterocycles. The third kappa shape index (κ3) is 7.03. The number of nitrogens with zero attached hydrogens (tertiary/aromatic N) is 3. The van der Waals surface area contributed by atoms with Gasteiger partial charge in [0, 0.05) is 43.2 Å². The molecule has 0 aliphatic carbocycles. The molecule has 0 amide bonds. The topological polar surface area (TPSA) is 73.9 Å². The second-order valence-corrected chi connectivity index (χ2v) is 8.45. The quantitative estimate of drug-likeness (QED) is 0.488. The highest BCUT2D eigenvalue weighted by atomic mass is 16.1. The smallest absolute Gasteiger partial charge is 0.255 e. The highest BCUT2D eigenvalue weighted by Gasteiger charge is 2.06. The number of aryl methyl sites for hydroxylation is 3. The maximum Gasteiger partial charge on any atom is 0.255 e. The average Bonchev–Trinajstić information content (AvgIpc) is 2.72. The van der Waals surface area contributed by atoms with Crippen LogP contribution in [0.2, 0.25) is 0 Å². The zero-order chi connectivity index (χ0) is 22.2. The molecule has 0 aliphatic rings. The Hall–Kier alpha value is -2.99. The Morgan fingerprint density at radius 3 is 2.55 bits per heavy atom. The number of benzene rings is 1. The van der Waals surface area contributed by atoms with Gasteiger partial charge in [0.05, 0.1) is 0 Å². The van der Waals surface area contributed by atoms with Gasteiger partial charge in [0.25, 0.3) is 5.56 Å². The summed E-state index contributed by atoms with van der Waals surface area (Å²) >= 11 is 0. The molecule has 2 N–H and O–H groups in total. The van der Waals surface area contributed by atoms with Crippen molar-refractivity contribution >= 4 is 5.95 Å². The van der Waals surface area contributed by atoms with E-state index in [9.17, 15) is 4.79 Å². The van der Waals surface area contributed by atoms with Crippen LogP contribution in [0.15, 0.2) is 47.5 Å². The number of unbranched alkanes of at least 4 members (excludes halogenated alkanes) is 1. The minimum atomic E-state index is -0.103. The highest BCUT2D eigenvalue weighted by molar-refractivity contribution is 5.30. The van der Waals surface area contributed by atoms with Gasteiger partial charge in [0.1, 0.15) is 0 Å². The molecule has 0 radical (unpaired) electrons. The van der Waals surface area contributed by atoms with E-state index < -0.39 is 0 Å². The molecule has 3 aromatic rings. The van der Waals surface area contributed by atoms with Crippen LogP contribution in [-0.4, -0.2) is 40.5 Å². The van der Waals surface area contributed by atoms with Crippen LogP contribution in [-0.2, 0) is 19.4 Å². The van der Waals surface area contributed by atoms with Gasteiger partial charge in [0.2, 0.25) is 5.95 Å². The van der Waals surface area contributed by atoms with Crippen LogP contribution in [0.5, 0.6) is 0 Å². The fraction of sp³-hybridized carbons (Fsp3) is 0.400. The summed E-state index contributed by atoms with van der Waals surface area (Å²) in [5, 5.41) is 3.23. The fourth-order valence-electron chi connectivity index (χ4n) is 3.56. The number of hydrogen-bond donors (Lipinski definition) is 2. The van der Waals surface area contributed by atoms with Crippen LogP contribution in [0.25, 0.3) is 0 Å². The first-order valence-corrected chi connectivity index (χ1v) is 10.9. The minimum absolute atomic E-state index is 0.103. The molecule has 0 unspecified atom stereocenters. The van der Waals surface area contributed by atoms with Crippen LogP contribution < -0.4 is 10.9 Å². The summed E-state index contributed by atoms with van der Waals surface area (Å²) < 4.78 is 0. The first-order chi connectivity index (χ1) is 14.9. The number of anilines is 1. The summed E-state index contributed by atoms with van der Waals surface area (Å²) in [6, 6.07) is 10.9. The molecule has 2 heterocycles. The minimum Gasteiger partial charge on any atom is -0.356 e. The molecular formula is C25H33N5O. The van der Waals surface area contributed by atoms with E-state index in [1.807, 2.05) is 20.0 Å². The lowest BCUT2D eigenvalue weighted by Crippen LogP contribution is -2.17. The van der Waals surface area contributed by atoms with Crippen molar-refractivity contribution < 1.29 is 0 Å². The zero-order valence-corrected chi connectivity index (χ0v) is 19.0. The van der Waals surface area contributed by atoms with Gasteiger partial charge in [-0.05, 0) is 69.5 Å². The maximum absolute atomic E-state index is 12.4. The Labute approximate surface area is 184 Å². The number of aromatic amines is 1. The molecular weight excluding hydrogens is 386 g/mol. The van der Waals surface area contributed by atoms with Gasteiger partial charge in [-0.25, -0.2) is 4.98 Å². The van der Waals surface area contributed by atoms with E-state index in [1.165, 1.54) is 11.1 Å². The second-order valence-electron chi connectivity index (χ2n) is 8.45. The molecule has 0 bridgehead atoms. The normalized spacial score (nSPS) is 11.1. The Morgan fingerprint density at radius 1 is 1.00 bits per heavy atom. The Bertz CT molecular complexity index is 1060. The maximum atomic E-state index is 12.4. The van der Waals surface area contributed by atoms with E-state index in [4.69, 9.17) is 0 Å². The van der Waals surface area contributed by atoms with Crippen molar-refractivity contribution in [2.45, 2.75) is 46.1 Å². The van der Waals surface area contributed by atoms with Gasteiger partial charge >= 0.3 is 0 Å². The first kappa shape index (κ1) is 22.7. The van der Waals surface area contributed by atoms with Crippen LogP contribution >= 0.6 is 0 Å². The number of nitrogens with one attached hydrogen (secondary N) is 2. The summed E-state index contributed by atoms with van der Waals surface area (Å²) in [4.78, 5) is 26.2. The van der Waals surface area contributed by atoms with Gasteiger partial charge in [-0.3, -0.25) is 14.8 Å². The van der Waals surface area contributed by atoms with E-state index in [2.05, 4.69) is 69.6 Å². The lowest BCUT2D eigenvalue weighted by Gasteiger charge is -2.11. The van der Waals surface area contributed by atoms with Crippen LogP contribution in [0.1, 0.15) is 46.4 Å². The number of H-pyrrole nitrogens is 1. The SMILES string of the molecule is Cc1cc(Cc2cnc(NCCCCc3cccc(CN(C)C)c3)[nH]c2=O)cnc1C. The molecule has 6 heteroatoms. The Balaban J connectivity index is 1.45. The molecule has 0 fully saturated rings. The summed E-state index contributed by atoms with van der Waals surface area (Å²) in [6.07, 6.45) is 7.16. The van der Waals surface area contributed by atoms with Crippen molar-refractivity contribution in [3.05, 3.63) is 86.6 Å². The van der Waals surface area contributed by atoms with Crippen molar-refractivity contribution in [3.63, 3.8) is 0 Å². The lowest BCUT2D eigenvalue weighted by atomic mass is 10.1. The molecule has 0 spiro atoms. The monoisotopic (exact) mass is 419 g/mol. The summed E-state index contributed by atoms with van der Waals surface area (Å²) in [5.41, 5.74) is 6.42. The van der Waals surface area contributed by atoms with E-state index in [0.29, 0.717) is 17.9 Å². The number of rotatable bonds is 10. The lowest BCUT2D eigenvalue weighted by molar-refractivity contribution is 0.402. The number of hydrogen-bond acceptors (Lipinski definition) is 5. The summed E-state index contributed by atoms with van der Waals surface area (Å²) in [6.45, 7) is 5.75. The van der Waals surface area contributed by atoms with E-state index >= 15 is 0 Å². The van der Waals surface area contributed by atoms with Gasteiger partial charge < -0.3 is 10.2 Å². The summed E-state index contributed by atoms with van der Waals surface area (Å²) in [7, 11) is 4.17. The van der Waals surface area contributed by atoms with Gasteiger partial charge in [-0.1, -0.05) is 30.3 Å². The fourth-order valence-corrected chi connectivity index (χ4v) is 3.56. The first-order valence-electron chi connectivity index (χ1n) is 10.9. The molecule has 0 aliphatic heterocycles. The largest absolute Gasteiger partial charge is 0.356 e. The Morgan fingerprint density at radius 2 is 1.81 bits per heavy atom. The van der Waals surface area contributed by atoms with Crippen molar-refractivity contribution in [3.8, 4) is 0 Å². The molecule has 0 saturated carbocycles. The van der Waals surface area contributed by atoms with Crippen LogP contribution in [0.4, 0.5) is 5.95 Å². The van der Waals surface area contributed by atoms with Crippen molar-refractivity contribution in [2.24, 2.45) is 0 Å². The van der Waals surface area contributed by atoms with Crippen molar-refractivity contribution in [1.82, 2.24) is 19.9 Å². The Kier molecular flexibility index (Phi) is 7.95. The van der Waals surface area contributed by atoms with Crippen LogP contribution in [0, 0.1) is 13.8 Å². The second kappa shape index (κ2) is 10.9. The number of aromatic nitrogens is 3. The van der Waals surface area contributed by atoms with Gasteiger partial charge in [0.15, 0.2) is 0 Å². The molecule has 164 valence electrons. The van der Waals surface area contributed by atoms with Gasteiger partial charge in [-0.15, -0.1) is 0 Å². The molecule has 0 saturated heterocycles. The van der Waals surface area contributed by atoms with E-state index in [1.54, 1.807) is 6.20 Å².